The first kappa shape index (κ1) is 17.3. The van der Waals surface area contributed by atoms with Crippen LogP contribution in [0, 0.1) is 0 Å². The fourth-order valence-corrected chi connectivity index (χ4v) is 1.85. The standard InChI is InChI=1S/C15H24N2O4/c1-20-13-7-6-12(11-14(13)21-10-9-18)17-15(19)5-3-2-4-8-16/h6-7,11,18H,2-5,8-10,16H2,1H3,(H,17,19). The molecule has 0 spiro atoms. The highest BCUT2D eigenvalue weighted by atomic mass is 16.5. The van der Waals surface area contributed by atoms with Crippen molar-refractivity contribution in [1.82, 2.24) is 0 Å². The van der Waals surface area contributed by atoms with Gasteiger partial charge in [0.2, 0.25) is 5.91 Å². The Bertz CT molecular complexity index is 438. The minimum Gasteiger partial charge on any atom is -0.493 e. The zero-order chi connectivity index (χ0) is 15.5. The third-order valence-electron chi connectivity index (χ3n) is 2.90. The van der Waals surface area contributed by atoms with Gasteiger partial charge in [-0.05, 0) is 31.5 Å². The van der Waals surface area contributed by atoms with E-state index in [0.29, 0.717) is 30.2 Å². The van der Waals surface area contributed by atoms with E-state index in [1.54, 1.807) is 18.2 Å². The van der Waals surface area contributed by atoms with E-state index in [9.17, 15) is 4.79 Å². The number of anilines is 1. The van der Waals surface area contributed by atoms with Crippen LogP contribution in [0.25, 0.3) is 0 Å². The van der Waals surface area contributed by atoms with Crippen molar-refractivity contribution in [3.63, 3.8) is 0 Å². The van der Waals surface area contributed by atoms with E-state index in [0.717, 1.165) is 19.3 Å². The quantitative estimate of drug-likeness (QED) is 0.569. The van der Waals surface area contributed by atoms with Crippen LogP contribution in [0.4, 0.5) is 5.69 Å². The van der Waals surface area contributed by atoms with Gasteiger partial charge in [0, 0.05) is 18.2 Å². The summed E-state index contributed by atoms with van der Waals surface area (Å²) in [6.07, 6.45) is 3.19. The molecule has 21 heavy (non-hydrogen) atoms. The molecular weight excluding hydrogens is 272 g/mol. The van der Waals surface area contributed by atoms with Gasteiger partial charge in [0.05, 0.1) is 13.7 Å². The molecule has 0 heterocycles. The number of ether oxygens (including phenoxy) is 2. The van der Waals surface area contributed by atoms with E-state index in [-0.39, 0.29) is 19.1 Å². The van der Waals surface area contributed by atoms with Gasteiger partial charge in [-0.3, -0.25) is 4.79 Å². The predicted molar refractivity (Wildman–Crippen MR) is 81.7 cm³/mol. The van der Waals surface area contributed by atoms with Gasteiger partial charge in [-0.25, -0.2) is 0 Å². The van der Waals surface area contributed by atoms with Crippen molar-refractivity contribution in [1.29, 1.82) is 0 Å². The number of aliphatic hydroxyl groups excluding tert-OH is 1. The minimum absolute atomic E-state index is 0.0368. The predicted octanol–water partition coefficient (Wildman–Crippen LogP) is 1.52. The summed E-state index contributed by atoms with van der Waals surface area (Å²) in [6.45, 7) is 0.749. The number of aliphatic hydroxyl groups is 1. The Balaban J connectivity index is 2.55. The van der Waals surface area contributed by atoms with Crippen molar-refractivity contribution in [2.24, 2.45) is 5.73 Å². The van der Waals surface area contributed by atoms with Crippen LogP contribution in [0.15, 0.2) is 18.2 Å². The summed E-state index contributed by atoms with van der Waals surface area (Å²) in [5.41, 5.74) is 6.05. The zero-order valence-electron chi connectivity index (χ0n) is 12.4. The third-order valence-corrected chi connectivity index (χ3v) is 2.90. The van der Waals surface area contributed by atoms with Gasteiger partial charge in [-0.2, -0.15) is 0 Å². The summed E-state index contributed by atoms with van der Waals surface area (Å²) < 4.78 is 10.5. The molecule has 1 aromatic rings. The first-order chi connectivity index (χ1) is 10.2. The van der Waals surface area contributed by atoms with Crippen molar-refractivity contribution in [3.05, 3.63) is 18.2 Å². The average molecular weight is 296 g/mol. The molecule has 0 unspecified atom stereocenters. The van der Waals surface area contributed by atoms with E-state index in [1.165, 1.54) is 7.11 Å². The first-order valence-corrected chi connectivity index (χ1v) is 7.13. The summed E-state index contributed by atoms with van der Waals surface area (Å²) in [6, 6.07) is 5.16. The number of methoxy groups -OCH3 is 1. The number of nitrogens with two attached hydrogens (primary N) is 1. The van der Waals surface area contributed by atoms with Crippen LogP contribution in [-0.2, 0) is 4.79 Å². The molecule has 4 N–H and O–H groups in total. The number of carbonyl (C=O) groups is 1. The number of rotatable bonds is 10. The molecule has 0 saturated carbocycles. The van der Waals surface area contributed by atoms with Crippen molar-refractivity contribution < 1.29 is 19.4 Å². The molecule has 0 fully saturated rings. The molecule has 0 bridgehead atoms. The normalized spacial score (nSPS) is 10.2. The molecule has 0 aliphatic rings. The second-order valence-electron chi connectivity index (χ2n) is 4.59. The topological polar surface area (TPSA) is 93.8 Å². The third kappa shape index (κ3) is 6.46. The van der Waals surface area contributed by atoms with Crippen molar-refractivity contribution >= 4 is 11.6 Å². The fourth-order valence-electron chi connectivity index (χ4n) is 1.85. The van der Waals surface area contributed by atoms with E-state index < -0.39 is 0 Å². The Morgan fingerprint density at radius 2 is 2.10 bits per heavy atom. The van der Waals surface area contributed by atoms with Crippen LogP contribution in [0.1, 0.15) is 25.7 Å². The molecule has 0 radical (unpaired) electrons. The van der Waals surface area contributed by atoms with Crippen LogP contribution >= 0.6 is 0 Å². The lowest BCUT2D eigenvalue weighted by atomic mass is 10.2. The van der Waals surface area contributed by atoms with E-state index in [2.05, 4.69) is 5.32 Å². The molecule has 1 rings (SSSR count). The van der Waals surface area contributed by atoms with Crippen LogP contribution in [0.5, 0.6) is 11.5 Å². The lowest BCUT2D eigenvalue weighted by Crippen LogP contribution is -2.12. The number of benzene rings is 1. The Morgan fingerprint density at radius 3 is 2.76 bits per heavy atom. The molecule has 6 heteroatoms. The van der Waals surface area contributed by atoms with Gasteiger partial charge in [-0.15, -0.1) is 0 Å². The van der Waals surface area contributed by atoms with Crippen molar-refractivity contribution in [2.45, 2.75) is 25.7 Å². The summed E-state index contributed by atoms with van der Waals surface area (Å²) in [5, 5.41) is 11.6. The smallest absolute Gasteiger partial charge is 0.224 e. The van der Waals surface area contributed by atoms with E-state index in [4.69, 9.17) is 20.3 Å². The maximum Gasteiger partial charge on any atom is 0.224 e. The Labute approximate surface area is 125 Å². The molecule has 0 atom stereocenters. The number of carbonyl (C=O) groups excluding carboxylic acids is 1. The monoisotopic (exact) mass is 296 g/mol. The van der Waals surface area contributed by atoms with E-state index >= 15 is 0 Å². The van der Waals surface area contributed by atoms with Gasteiger partial charge in [0.15, 0.2) is 11.5 Å². The number of unbranched alkanes of at least 4 members (excludes halogenated alkanes) is 2. The molecule has 1 aromatic carbocycles. The molecular formula is C15H24N2O4. The highest BCUT2D eigenvalue weighted by Gasteiger charge is 2.08. The summed E-state index contributed by atoms with van der Waals surface area (Å²) >= 11 is 0. The molecule has 0 saturated heterocycles. The minimum atomic E-state index is -0.0825. The molecule has 1 amide bonds. The van der Waals surface area contributed by atoms with Gasteiger partial charge in [0.1, 0.15) is 6.61 Å². The number of hydrogen-bond acceptors (Lipinski definition) is 5. The maximum absolute atomic E-state index is 11.8. The maximum atomic E-state index is 11.8. The number of nitrogens with one attached hydrogen (secondary N) is 1. The van der Waals surface area contributed by atoms with Crippen LogP contribution in [-0.4, -0.2) is 37.9 Å². The van der Waals surface area contributed by atoms with Crippen molar-refractivity contribution in [3.8, 4) is 11.5 Å². The lowest BCUT2D eigenvalue weighted by molar-refractivity contribution is -0.116. The highest BCUT2D eigenvalue weighted by Crippen LogP contribution is 2.30. The highest BCUT2D eigenvalue weighted by molar-refractivity contribution is 5.91. The second kappa shape index (κ2) is 10.0. The van der Waals surface area contributed by atoms with Crippen LogP contribution < -0.4 is 20.5 Å². The lowest BCUT2D eigenvalue weighted by Gasteiger charge is -2.12. The Kier molecular flexibility index (Phi) is 8.23. The fraction of sp³-hybridized carbons (Fsp3) is 0.533. The Morgan fingerprint density at radius 1 is 1.29 bits per heavy atom. The second-order valence-corrected chi connectivity index (χ2v) is 4.59. The number of amides is 1. The van der Waals surface area contributed by atoms with Gasteiger partial charge >= 0.3 is 0 Å². The molecule has 0 aromatic heterocycles. The largest absolute Gasteiger partial charge is 0.493 e. The average Bonchev–Trinajstić information content (AvgIpc) is 2.49. The zero-order valence-corrected chi connectivity index (χ0v) is 12.4. The van der Waals surface area contributed by atoms with Gasteiger partial charge < -0.3 is 25.6 Å². The van der Waals surface area contributed by atoms with Gasteiger partial charge in [-0.1, -0.05) is 6.42 Å². The number of hydrogen-bond donors (Lipinski definition) is 3. The molecule has 6 nitrogen and oxygen atoms in total. The summed E-state index contributed by atoms with van der Waals surface area (Å²) in [7, 11) is 1.54. The summed E-state index contributed by atoms with van der Waals surface area (Å²) in [4.78, 5) is 11.8. The first-order valence-electron chi connectivity index (χ1n) is 7.13. The summed E-state index contributed by atoms with van der Waals surface area (Å²) in [5.74, 6) is 1.02. The Hall–Kier alpha value is -1.79. The molecule has 0 aliphatic carbocycles. The van der Waals surface area contributed by atoms with Crippen molar-refractivity contribution in [2.75, 3.05) is 32.2 Å². The SMILES string of the molecule is COc1ccc(NC(=O)CCCCCN)cc1OCCO. The molecule has 118 valence electrons. The molecule has 0 aliphatic heterocycles. The van der Waals surface area contributed by atoms with E-state index in [1.807, 2.05) is 0 Å². The van der Waals surface area contributed by atoms with Crippen LogP contribution in [0.2, 0.25) is 0 Å². The van der Waals surface area contributed by atoms with Gasteiger partial charge in [0.25, 0.3) is 0 Å². The van der Waals surface area contributed by atoms with Crippen LogP contribution in [0.3, 0.4) is 0 Å².